The molecule has 2 atom stereocenters. The number of rotatable bonds is 6. The van der Waals surface area contributed by atoms with E-state index in [1.54, 1.807) is 25.3 Å². The molecule has 1 saturated heterocycles. The summed E-state index contributed by atoms with van der Waals surface area (Å²) in [6.45, 7) is 1.71. The Balaban J connectivity index is 1.44. The molecule has 0 spiro atoms. The Hall–Kier alpha value is -4.85. The number of nitrogens with one attached hydrogen (secondary N) is 1. The Kier molecular flexibility index (Phi) is 5.72. The Morgan fingerprint density at radius 2 is 1.74 bits per heavy atom. The molecule has 6 rings (SSSR count). The van der Waals surface area contributed by atoms with Crippen LogP contribution in [-0.2, 0) is 21.6 Å². The van der Waals surface area contributed by atoms with Gasteiger partial charge in [0, 0.05) is 18.2 Å². The predicted molar refractivity (Wildman–Crippen MR) is 139 cm³/mol. The number of nitrogens with zero attached hydrogens (tertiary/aromatic N) is 3. The molecule has 1 N–H and O–H groups in total. The third-order valence-electron chi connectivity index (χ3n) is 6.88. The van der Waals surface area contributed by atoms with Crippen LogP contribution >= 0.6 is 0 Å². The number of halogens is 1. The first-order chi connectivity index (χ1) is 18.4. The molecule has 2 amide bonds. The van der Waals surface area contributed by atoms with E-state index in [1.165, 1.54) is 12.1 Å². The van der Waals surface area contributed by atoms with E-state index in [1.807, 2.05) is 66.7 Å². The summed E-state index contributed by atoms with van der Waals surface area (Å²) in [6, 6.07) is 25.7. The minimum absolute atomic E-state index is 0.0952. The molecule has 7 nitrogen and oxygen atoms in total. The monoisotopic (exact) mass is 506 g/mol. The lowest BCUT2D eigenvalue weighted by atomic mass is 9.92. The molecule has 2 aromatic heterocycles. The Bertz CT molecular complexity index is 1640. The van der Waals surface area contributed by atoms with Gasteiger partial charge in [-0.2, -0.15) is 0 Å². The number of aromatic nitrogens is 3. The first-order valence-corrected chi connectivity index (χ1v) is 12.2. The van der Waals surface area contributed by atoms with Gasteiger partial charge in [-0.1, -0.05) is 54.6 Å². The minimum Gasteiger partial charge on any atom is -0.424 e. The van der Waals surface area contributed by atoms with E-state index in [0.29, 0.717) is 16.6 Å². The van der Waals surface area contributed by atoms with Gasteiger partial charge in [-0.25, -0.2) is 19.1 Å². The molecule has 0 bridgehead atoms. The molecule has 188 valence electrons. The molecule has 5 aromatic rings. The van der Waals surface area contributed by atoms with Gasteiger partial charge < -0.3 is 9.72 Å². The summed E-state index contributed by atoms with van der Waals surface area (Å²) in [4.78, 5) is 40.8. The summed E-state index contributed by atoms with van der Waals surface area (Å²) < 4.78 is 19.4. The normalized spacial score (nSPS) is 18.1. The van der Waals surface area contributed by atoms with Crippen LogP contribution in [0, 0.1) is 5.82 Å². The molecule has 3 heterocycles. The van der Waals surface area contributed by atoms with Gasteiger partial charge in [0.05, 0.1) is 22.8 Å². The number of fused-ring (bicyclic) bond motifs is 1. The van der Waals surface area contributed by atoms with E-state index in [9.17, 15) is 14.0 Å². The van der Waals surface area contributed by atoms with Gasteiger partial charge in [0.15, 0.2) is 5.82 Å². The Morgan fingerprint density at radius 1 is 0.974 bits per heavy atom. The van der Waals surface area contributed by atoms with Crippen molar-refractivity contribution in [2.45, 2.75) is 25.0 Å². The highest BCUT2D eigenvalue weighted by molar-refractivity contribution is 6.04. The van der Waals surface area contributed by atoms with Crippen LogP contribution in [0.1, 0.15) is 29.9 Å². The largest absolute Gasteiger partial charge is 0.424 e. The zero-order valence-electron chi connectivity index (χ0n) is 20.5. The average molecular weight is 507 g/mol. The Morgan fingerprint density at radius 3 is 2.47 bits per heavy atom. The quantitative estimate of drug-likeness (QED) is 0.308. The molecular formula is C30H23FN4O3. The maximum absolute atomic E-state index is 14.1. The van der Waals surface area contributed by atoms with Crippen molar-refractivity contribution in [1.82, 2.24) is 19.9 Å². The van der Waals surface area contributed by atoms with Crippen molar-refractivity contribution < 1.29 is 18.7 Å². The lowest BCUT2D eigenvalue weighted by Gasteiger charge is -2.25. The number of benzene rings is 3. The average Bonchev–Trinajstić information content (AvgIpc) is 3.48. The number of imide groups is 1. The van der Waals surface area contributed by atoms with Crippen LogP contribution in [-0.4, -0.2) is 31.9 Å². The number of ether oxygens (including phenoxy) is 1. The number of aromatic amines is 1. The summed E-state index contributed by atoms with van der Waals surface area (Å²) in [5.74, 6) is -0.698. The van der Waals surface area contributed by atoms with Crippen LogP contribution in [0.5, 0.6) is 0 Å². The van der Waals surface area contributed by atoms with Crippen LogP contribution in [0.2, 0.25) is 0 Å². The molecule has 0 saturated carbocycles. The molecule has 1 aliphatic heterocycles. The number of imidazole rings is 1. The van der Waals surface area contributed by atoms with E-state index >= 15 is 0 Å². The minimum atomic E-state index is -1.70. The van der Waals surface area contributed by atoms with Gasteiger partial charge in [-0.15, -0.1) is 0 Å². The number of amides is 2. The third-order valence-corrected chi connectivity index (χ3v) is 6.88. The van der Waals surface area contributed by atoms with Crippen molar-refractivity contribution in [3.63, 3.8) is 0 Å². The highest BCUT2D eigenvalue weighted by atomic mass is 19.1. The van der Waals surface area contributed by atoms with E-state index in [2.05, 4.69) is 9.97 Å². The zero-order chi connectivity index (χ0) is 26.3. The fraction of sp³-hybridized carbons (Fsp3) is 0.133. The summed E-state index contributed by atoms with van der Waals surface area (Å²) in [5, 5.41) is 0. The maximum atomic E-state index is 14.1. The number of H-pyrrole nitrogens is 1. The Labute approximate surface area is 217 Å². The van der Waals surface area contributed by atoms with Crippen molar-refractivity contribution in [3.05, 3.63) is 120 Å². The molecule has 8 heteroatoms. The fourth-order valence-electron chi connectivity index (χ4n) is 4.87. The third kappa shape index (κ3) is 4.00. The molecule has 0 aliphatic carbocycles. The van der Waals surface area contributed by atoms with Gasteiger partial charge in [0.2, 0.25) is 0 Å². The van der Waals surface area contributed by atoms with Crippen LogP contribution in [0.25, 0.3) is 22.3 Å². The topological polar surface area (TPSA) is 88.2 Å². The van der Waals surface area contributed by atoms with Crippen molar-refractivity contribution in [1.29, 1.82) is 0 Å². The molecule has 1 aliphatic rings. The summed E-state index contributed by atoms with van der Waals surface area (Å²) >= 11 is 0. The van der Waals surface area contributed by atoms with Gasteiger partial charge in [-0.05, 0) is 54.4 Å². The number of carbonyl (C=O) groups is 2. The van der Waals surface area contributed by atoms with Crippen LogP contribution in [0.3, 0.4) is 0 Å². The molecule has 38 heavy (non-hydrogen) atoms. The molecule has 1 fully saturated rings. The zero-order valence-corrected chi connectivity index (χ0v) is 20.5. The first-order valence-electron chi connectivity index (χ1n) is 12.2. The van der Waals surface area contributed by atoms with E-state index in [0.717, 1.165) is 21.7 Å². The summed E-state index contributed by atoms with van der Waals surface area (Å²) in [5.41, 5.74) is 2.71. The van der Waals surface area contributed by atoms with E-state index in [-0.39, 0.29) is 12.2 Å². The van der Waals surface area contributed by atoms with Crippen LogP contribution in [0.15, 0.2) is 97.2 Å². The molecular weight excluding hydrogens is 483 g/mol. The number of pyridine rings is 1. The smallest absolute Gasteiger partial charge is 0.418 e. The molecule has 3 aromatic carbocycles. The van der Waals surface area contributed by atoms with E-state index in [4.69, 9.17) is 9.72 Å². The second kappa shape index (κ2) is 9.23. The van der Waals surface area contributed by atoms with Crippen LogP contribution in [0.4, 0.5) is 9.18 Å². The number of hydrogen-bond acceptors (Lipinski definition) is 5. The number of carbonyl (C=O) groups excluding carboxylic acids is 2. The van der Waals surface area contributed by atoms with Gasteiger partial charge in [0.25, 0.3) is 11.5 Å². The lowest BCUT2D eigenvalue weighted by Crippen LogP contribution is -2.42. The van der Waals surface area contributed by atoms with Gasteiger partial charge >= 0.3 is 6.09 Å². The fourth-order valence-corrected chi connectivity index (χ4v) is 4.87. The highest BCUT2D eigenvalue weighted by Crippen LogP contribution is 2.41. The van der Waals surface area contributed by atoms with Crippen molar-refractivity contribution >= 4 is 23.0 Å². The van der Waals surface area contributed by atoms with Crippen LogP contribution < -0.4 is 0 Å². The summed E-state index contributed by atoms with van der Waals surface area (Å²) in [6.07, 6.45) is 1.04. The van der Waals surface area contributed by atoms with Gasteiger partial charge in [-0.3, -0.25) is 9.78 Å². The van der Waals surface area contributed by atoms with Crippen molar-refractivity contribution in [3.8, 4) is 11.3 Å². The van der Waals surface area contributed by atoms with Gasteiger partial charge in [0.1, 0.15) is 5.82 Å². The second-order valence-electron chi connectivity index (χ2n) is 9.29. The van der Waals surface area contributed by atoms with Crippen molar-refractivity contribution in [2.75, 3.05) is 0 Å². The molecule has 0 unspecified atom stereocenters. The standard InChI is InChI=1S/C30H23FN4O3/c1-19(21-10-13-23(31)14-11-21)35-28(36)30(38-29(35)37,18-20-7-3-2-4-8-20)27-33-25-15-12-22(17-26(25)34-27)24-9-5-6-16-32-24/h2-17,19H,18H2,1H3,(H,33,34)/t19-,30-/m1/s1. The van der Waals surface area contributed by atoms with Crippen molar-refractivity contribution in [2.24, 2.45) is 0 Å². The van der Waals surface area contributed by atoms with E-state index < -0.39 is 29.5 Å². The molecule has 0 radical (unpaired) electrons. The highest BCUT2D eigenvalue weighted by Gasteiger charge is 2.58. The lowest BCUT2D eigenvalue weighted by molar-refractivity contribution is -0.139. The predicted octanol–water partition coefficient (Wildman–Crippen LogP) is 5.94. The number of cyclic esters (lactones) is 1. The summed E-state index contributed by atoms with van der Waals surface area (Å²) in [7, 11) is 0. The first kappa shape index (κ1) is 23.5. The maximum Gasteiger partial charge on any atom is 0.418 e. The SMILES string of the molecule is C[C@H](c1ccc(F)cc1)N1C(=O)O[C@](Cc2ccccc2)(c2nc3ccc(-c4ccccn4)cc3[nH]2)C1=O. The number of hydrogen-bond donors (Lipinski definition) is 1. The second-order valence-corrected chi connectivity index (χ2v) is 9.29.